The van der Waals surface area contributed by atoms with Gasteiger partial charge >= 0.3 is 0 Å². The molecule has 13 heavy (non-hydrogen) atoms. The second kappa shape index (κ2) is 4.32. The topological polar surface area (TPSA) is 29.9 Å². The molecule has 0 aliphatic carbocycles. The number of aromatic nitrogens is 2. The van der Waals surface area contributed by atoms with Crippen molar-refractivity contribution in [1.29, 1.82) is 0 Å². The quantitative estimate of drug-likeness (QED) is 0.759. The highest BCUT2D eigenvalue weighted by Gasteiger charge is 2.19. The van der Waals surface area contributed by atoms with Crippen LogP contribution in [0.1, 0.15) is 5.82 Å². The molecule has 1 atom stereocenters. The van der Waals surface area contributed by atoms with Crippen LogP contribution in [0.2, 0.25) is 0 Å². The van der Waals surface area contributed by atoms with Crippen LogP contribution in [0.4, 0.5) is 8.78 Å². The van der Waals surface area contributed by atoms with Crippen molar-refractivity contribution in [1.82, 2.24) is 14.9 Å². The van der Waals surface area contributed by atoms with Crippen LogP contribution in [0, 0.1) is 0 Å². The summed E-state index contributed by atoms with van der Waals surface area (Å²) in [5.74, 6) is 0.666. The van der Waals surface area contributed by atoms with Crippen LogP contribution in [0.15, 0.2) is 12.4 Å². The molecule has 1 rings (SSSR count). The molecular formula is C8H13F2N3. The third kappa shape index (κ3) is 2.48. The number of hydrogen-bond donors (Lipinski definition) is 1. The van der Waals surface area contributed by atoms with Crippen molar-refractivity contribution in [2.75, 3.05) is 7.05 Å². The maximum absolute atomic E-state index is 12.3. The summed E-state index contributed by atoms with van der Waals surface area (Å²) in [6, 6.07) is -0.818. The fourth-order valence-electron chi connectivity index (χ4n) is 1.11. The molecule has 0 aliphatic heterocycles. The van der Waals surface area contributed by atoms with E-state index >= 15 is 0 Å². The van der Waals surface area contributed by atoms with Gasteiger partial charge in [-0.2, -0.15) is 0 Å². The van der Waals surface area contributed by atoms with Gasteiger partial charge in [0.2, 0.25) is 0 Å². The summed E-state index contributed by atoms with van der Waals surface area (Å²) in [5, 5.41) is 2.56. The number of nitrogens with zero attached hydrogens (tertiary/aromatic N) is 2. The Bertz CT molecular complexity index is 260. The second-order valence-corrected chi connectivity index (χ2v) is 2.89. The molecule has 0 saturated heterocycles. The molecule has 0 radical (unpaired) electrons. The van der Waals surface area contributed by atoms with Crippen molar-refractivity contribution in [3.63, 3.8) is 0 Å². The Kier molecular flexibility index (Phi) is 3.36. The third-order valence-corrected chi connectivity index (χ3v) is 2.00. The zero-order valence-electron chi connectivity index (χ0n) is 7.67. The Morgan fingerprint density at radius 3 is 2.69 bits per heavy atom. The molecule has 1 aromatic rings. The van der Waals surface area contributed by atoms with E-state index in [-0.39, 0.29) is 6.42 Å². The minimum absolute atomic E-state index is 0.248. The van der Waals surface area contributed by atoms with Gasteiger partial charge in [-0.05, 0) is 7.05 Å². The maximum atomic E-state index is 12.3. The van der Waals surface area contributed by atoms with E-state index in [1.807, 2.05) is 0 Å². The monoisotopic (exact) mass is 189 g/mol. The van der Waals surface area contributed by atoms with Gasteiger partial charge in [0.1, 0.15) is 5.82 Å². The van der Waals surface area contributed by atoms with Crippen LogP contribution in [0.5, 0.6) is 0 Å². The van der Waals surface area contributed by atoms with Crippen molar-refractivity contribution in [3.05, 3.63) is 18.2 Å². The number of alkyl halides is 2. The average Bonchev–Trinajstić information content (AvgIpc) is 2.46. The molecule has 1 aromatic heterocycles. The zero-order chi connectivity index (χ0) is 9.84. The minimum Gasteiger partial charge on any atom is -0.338 e. The van der Waals surface area contributed by atoms with Crippen molar-refractivity contribution < 1.29 is 8.78 Å². The summed E-state index contributed by atoms with van der Waals surface area (Å²) < 4.78 is 26.4. The maximum Gasteiger partial charge on any atom is 0.254 e. The Balaban J connectivity index is 2.62. The highest BCUT2D eigenvalue weighted by atomic mass is 19.3. The second-order valence-electron chi connectivity index (χ2n) is 2.89. The van der Waals surface area contributed by atoms with Gasteiger partial charge in [-0.15, -0.1) is 0 Å². The molecule has 0 bridgehead atoms. The Morgan fingerprint density at radius 2 is 2.31 bits per heavy atom. The lowest BCUT2D eigenvalue weighted by Crippen LogP contribution is -2.35. The molecule has 0 aliphatic rings. The number of imidazole rings is 1. The van der Waals surface area contributed by atoms with E-state index in [1.165, 1.54) is 7.05 Å². The molecule has 1 heterocycles. The largest absolute Gasteiger partial charge is 0.338 e. The first-order valence-corrected chi connectivity index (χ1v) is 4.06. The molecule has 1 unspecified atom stereocenters. The van der Waals surface area contributed by atoms with Crippen LogP contribution in [-0.4, -0.2) is 29.1 Å². The van der Waals surface area contributed by atoms with Gasteiger partial charge < -0.3 is 9.88 Å². The SMILES string of the molecule is CNC(Cc1nccn1C)C(F)F. The molecule has 0 amide bonds. The van der Waals surface area contributed by atoms with Crippen molar-refractivity contribution in [2.24, 2.45) is 7.05 Å². The van der Waals surface area contributed by atoms with Crippen LogP contribution in [0.3, 0.4) is 0 Å². The van der Waals surface area contributed by atoms with Gasteiger partial charge in [0, 0.05) is 25.9 Å². The number of halogens is 2. The number of nitrogens with one attached hydrogen (secondary N) is 1. The Morgan fingerprint density at radius 1 is 1.62 bits per heavy atom. The van der Waals surface area contributed by atoms with Crippen LogP contribution >= 0.6 is 0 Å². The lowest BCUT2D eigenvalue weighted by Gasteiger charge is -2.14. The van der Waals surface area contributed by atoms with Gasteiger partial charge in [-0.1, -0.05) is 0 Å². The van der Waals surface area contributed by atoms with E-state index in [4.69, 9.17) is 0 Å². The molecule has 5 heteroatoms. The predicted octanol–water partition coefficient (Wildman–Crippen LogP) is 0.816. The third-order valence-electron chi connectivity index (χ3n) is 2.00. The molecular weight excluding hydrogens is 176 g/mol. The highest BCUT2D eigenvalue weighted by molar-refractivity contribution is 4.94. The van der Waals surface area contributed by atoms with E-state index < -0.39 is 12.5 Å². The van der Waals surface area contributed by atoms with Crippen LogP contribution in [0.25, 0.3) is 0 Å². The van der Waals surface area contributed by atoms with Gasteiger partial charge in [0.15, 0.2) is 0 Å². The highest BCUT2D eigenvalue weighted by Crippen LogP contribution is 2.06. The molecule has 0 fully saturated rings. The zero-order valence-corrected chi connectivity index (χ0v) is 7.67. The number of hydrogen-bond acceptors (Lipinski definition) is 2. The van der Waals surface area contributed by atoms with E-state index in [0.29, 0.717) is 5.82 Å². The molecule has 0 aromatic carbocycles. The van der Waals surface area contributed by atoms with Gasteiger partial charge in [-0.3, -0.25) is 0 Å². The number of aryl methyl sites for hydroxylation is 1. The molecule has 74 valence electrons. The van der Waals surface area contributed by atoms with Crippen molar-refractivity contribution in [2.45, 2.75) is 18.9 Å². The van der Waals surface area contributed by atoms with E-state index in [9.17, 15) is 8.78 Å². The number of rotatable bonds is 4. The summed E-state index contributed by atoms with van der Waals surface area (Å²) in [4.78, 5) is 3.98. The standard InChI is InChI=1S/C8H13F2N3/c1-11-6(8(9)10)5-7-12-3-4-13(7)2/h3-4,6,8,11H,5H2,1-2H3. The van der Waals surface area contributed by atoms with Gasteiger partial charge in [0.25, 0.3) is 6.43 Å². The normalized spacial score (nSPS) is 13.6. The molecule has 0 spiro atoms. The molecule has 3 nitrogen and oxygen atoms in total. The Labute approximate surface area is 75.8 Å². The summed E-state index contributed by atoms with van der Waals surface area (Å²) in [7, 11) is 3.32. The first-order chi connectivity index (χ1) is 6.15. The van der Waals surface area contributed by atoms with E-state index in [1.54, 1.807) is 24.0 Å². The van der Waals surface area contributed by atoms with E-state index in [0.717, 1.165) is 0 Å². The van der Waals surface area contributed by atoms with Crippen molar-refractivity contribution >= 4 is 0 Å². The summed E-state index contributed by atoms with van der Waals surface area (Å²) in [6.45, 7) is 0. The van der Waals surface area contributed by atoms with Crippen molar-refractivity contribution in [3.8, 4) is 0 Å². The predicted molar refractivity (Wildman–Crippen MR) is 45.8 cm³/mol. The first kappa shape index (κ1) is 10.1. The van der Waals surface area contributed by atoms with Gasteiger partial charge in [0.05, 0.1) is 6.04 Å². The summed E-state index contributed by atoms with van der Waals surface area (Å²) in [6.07, 6.45) is 1.24. The minimum atomic E-state index is -2.36. The number of likely N-dealkylation sites (N-methyl/N-ethyl adjacent to an activating group) is 1. The van der Waals surface area contributed by atoms with E-state index in [2.05, 4.69) is 10.3 Å². The summed E-state index contributed by atoms with van der Waals surface area (Å²) in [5.41, 5.74) is 0. The lowest BCUT2D eigenvalue weighted by atomic mass is 10.2. The van der Waals surface area contributed by atoms with Gasteiger partial charge in [-0.25, -0.2) is 13.8 Å². The Hall–Kier alpha value is -0.970. The van der Waals surface area contributed by atoms with Crippen LogP contribution in [-0.2, 0) is 13.5 Å². The summed E-state index contributed by atoms with van der Waals surface area (Å²) >= 11 is 0. The fourth-order valence-corrected chi connectivity index (χ4v) is 1.11. The molecule has 0 saturated carbocycles. The lowest BCUT2D eigenvalue weighted by molar-refractivity contribution is 0.101. The smallest absolute Gasteiger partial charge is 0.254 e. The average molecular weight is 189 g/mol. The molecule has 1 N–H and O–H groups in total. The van der Waals surface area contributed by atoms with Crippen LogP contribution < -0.4 is 5.32 Å². The first-order valence-electron chi connectivity index (χ1n) is 4.06. The fraction of sp³-hybridized carbons (Fsp3) is 0.625.